The lowest BCUT2D eigenvalue weighted by molar-refractivity contribution is -0.0446. The fraction of sp³-hybridized carbons (Fsp3) is 0.533. The molecular formula is C30H37BrF2N2O6. The van der Waals surface area contributed by atoms with Gasteiger partial charge in [0.2, 0.25) is 0 Å². The number of carbonyl (C=O) groups is 2. The summed E-state index contributed by atoms with van der Waals surface area (Å²) in [6, 6.07) is 5.99. The van der Waals surface area contributed by atoms with Gasteiger partial charge in [-0.05, 0) is 58.9 Å². The Morgan fingerprint density at radius 2 is 1.32 bits per heavy atom. The summed E-state index contributed by atoms with van der Waals surface area (Å²) in [7, 11) is 0. The van der Waals surface area contributed by atoms with Crippen LogP contribution in [0.2, 0.25) is 0 Å². The van der Waals surface area contributed by atoms with Gasteiger partial charge in [-0.25, -0.2) is 8.78 Å². The predicted octanol–water partition coefficient (Wildman–Crippen LogP) is 5.70. The molecule has 0 aromatic heterocycles. The first-order valence-corrected chi connectivity index (χ1v) is 14.6. The number of benzene rings is 2. The number of hydrogen-bond acceptors (Lipinski definition) is 8. The van der Waals surface area contributed by atoms with E-state index in [0.29, 0.717) is 55.8 Å². The van der Waals surface area contributed by atoms with E-state index in [0.717, 1.165) is 5.56 Å². The van der Waals surface area contributed by atoms with E-state index in [-0.39, 0.29) is 52.8 Å². The molecule has 2 aromatic carbocycles. The minimum absolute atomic E-state index is 0.0369. The molecule has 3 aliphatic rings. The molecule has 3 saturated heterocycles. The molecule has 0 radical (unpaired) electrons. The second-order valence-corrected chi connectivity index (χ2v) is 11.7. The second kappa shape index (κ2) is 13.7. The van der Waals surface area contributed by atoms with Crippen LogP contribution in [0.3, 0.4) is 0 Å². The van der Waals surface area contributed by atoms with Gasteiger partial charge in [0.25, 0.3) is 0 Å². The van der Waals surface area contributed by atoms with Gasteiger partial charge in [0.05, 0.1) is 49.0 Å². The van der Waals surface area contributed by atoms with Crippen molar-refractivity contribution >= 4 is 39.4 Å². The van der Waals surface area contributed by atoms with Crippen LogP contribution in [0.5, 0.6) is 0 Å². The number of rotatable bonds is 5. The maximum Gasteiger partial charge on any atom is 0.186 e. The highest BCUT2D eigenvalue weighted by Gasteiger charge is 2.31. The molecule has 0 aliphatic carbocycles. The first-order chi connectivity index (χ1) is 19.5. The number of hydrogen-bond donors (Lipinski definition) is 0. The molecule has 0 N–H and O–H groups in total. The van der Waals surface area contributed by atoms with Gasteiger partial charge < -0.3 is 28.7 Å². The summed E-state index contributed by atoms with van der Waals surface area (Å²) >= 11 is 3.35. The number of carbonyl (C=O) groups excluding carboxylic acids is 2. The number of nitrogens with zero attached hydrogens (tertiary/aromatic N) is 2. The molecule has 3 fully saturated rings. The predicted molar refractivity (Wildman–Crippen MR) is 155 cm³/mol. The number of aldehydes is 1. The molecule has 3 aliphatic heterocycles. The van der Waals surface area contributed by atoms with Crippen LogP contribution in [-0.2, 0) is 18.9 Å². The van der Waals surface area contributed by atoms with Crippen LogP contribution in [-0.4, -0.2) is 75.9 Å². The molecular weight excluding hydrogens is 602 g/mol. The Balaban J connectivity index is 0.000000189. The molecule has 4 atom stereocenters. The van der Waals surface area contributed by atoms with Gasteiger partial charge in [0.1, 0.15) is 11.6 Å². The summed E-state index contributed by atoms with van der Waals surface area (Å²) in [6.45, 7) is 12.6. The molecule has 11 heteroatoms. The number of ether oxygens (including phenoxy) is 4. The molecule has 8 nitrogen and oxygen atoms in total. The molecule has 5 rings (SSSR count). The normalized spacial score (nSPS) is 25.1. The number of halogens is 3. The highest BCUT2D eigenvalue weighted by molar-refractivity contribution is 9.10. The fourth-order valence-corrected chi connectivity index (χ4v) is 6.05. The summed E-state index contributed by atoms with van der Waals surface area (Å²) in [4.78, 5) is 26.4. The van der Waals surface area contributed by atoms with Gasteiger partial charge in [-0.15, -0.1) is 0 Å². The van der Waals surface area contributed by atoms with E-state index < -0.39 is 12.1 Å². The van der Waals surface area contributed by atoms with E-state index in [9.17, 15) is 18.4 Å². The van der Waals surface area contributed by atoms with E-state index in [1.165, 1.54) is 25.1 Å². The largest absolute Gasteiger partial charge is 0.372 e. The standard InChI is InChI=1S/C15H19BrFNO3.C15H18FNO3/c1-9-7-18(8-10(2)21-9)14-12(15-19-3-4-20-15)5-11(16)6-13(14)17;1-9-6-17(7-10(2)20-9)15-13(8-18)4-12(11(3)19)5-14(15)16/h5-6,9-10,15H,3-4,7-8H2,1-2H3;4-5,8-10H,6-7H2,1-3H3/t2*9-,10+. The van der Waals surface area contributed by atoms with Crippen molar-refractivity contribution in [2.45, 2.75) is 65.3 Å². The SMILES string of the molecule is CC(=O)c1cc(F)c(N2C[C@@H](C)O[C@@H](C)C2)c(C=O)c1.C[C@@H]1CN(c2c(F)cc(Br)cc2C2OCCO2)C[C@H](C)O1. The third kappa shape index (κ3) is 7.70. The minimum Gasteiger partial charge on any atom is -0.372 e. The van der Waals surface area contributed by atoms with Crippen molar-refractivity contribution in [1.29, 1.82) is 0 Å². The van der Waals surface area contributed by atoms with Crippen LogP contribution >= 0.6 is 15.9 Å². The number of anilines is 2. The first-order valence-electron chi connectivity index (χ1n) is 13.8. The quantitative estimate of drug-likeness (QED) is 0.305. The van der Waals surface area contributed by atoms with Gasteiger partial charge >= 0.3 is 0 Å². The fourth-order valence-electron chi connectivity index (χ4n) is 5.61. The van der Waals surface area contributed by atoms with Crippen molar-refractivity contribution in [2.24, 2.45) is 0 Å². The molecule has 0 bridgehead atoms. The number of ketones is 1. The Bertz CT molecular complexity index is 1240. The van der Waals surface area contributed by atoms with E-state index in [4.69, 9.17) is 18.9 Å². The lowest BCUT2D eigenvalue weighted by Crippen LogP contribution is -2.46. The Labute approximate surface area is 248 Å². The van der Waals surface area contributed by atoms with E-state index >= 15 is 0 Å². The van der Waals surface area contributed by atoms with Gasteiger partial charge in [-0.3, -0.25) is 9.59 Å². The maximum atomic E-state index is 14.6. The molecule has 0 saturated carbocycles. The number of Topliss-reactive ketones (excluding diaryl/α,β-unsaturated/α-hetero) is 1. The second-order valence-electron chi connectivity index (χ2n) is 10.8. The average Bonchev–Trinajstić information content (AvgIpc) is 3.42. The highest BCUT2D eigenvalue weighted by atomic mass is 79.9. The third-order valence-electron chi connectivity index (χ3n) is 7.03. The molecule has 3 heterocycles. The van der Waals surface area contributed by atoms with Gasteiger partial charge in [0.15, 0.2) is 18.4 Å². The van der Waals surface area contributed by atoms with Crippen molar-refractivity contribution < 1.29 is 37.3 Å². The summed E-state index contributed by atoms with van der Waals surface area (Å²) in [5, 5.41) is 0. The van der Waals surface area contributed by atoms with Crippen molar-refractivity contribution in [3.8, 4) is 0 Å². The minimum atomic E-state index is -0.541. The smallest absolute Gasteiger partial charge is 0.186 e. The number of morpholine rings is 2. The topological polar surface area (TPSA) is 77.5 Å². The molecule has 41 heavy (non-hydrogen) atoms. The van der Waals surface area contributed by atoms with Crippen molar-refractivity contribution in [1.82, 2.24) is 0 Å². The zero-order valence-corrected chi connectivity index (χ0v) is 25.6. The van der Waals surface area contributed by atoms with Crippen molar-refractivity contribution in [3.63, 3.8) is 0 Å². The van der Waals surface area contributed by atoms with E-state index in [1.807, 2.05) is 43.6 Å². The summed E-state index contributed by atoms with van der Waals surface area (Å²) in [5.41, 5.74) is 1.97. The molecule has 224 valence electrons. The van der Waals surface area contributed by atoms with Crippen LogP contribution < -0.4 is 9.80 Å². The van der Waals surface area contributed by atoms with Crippen LogP contribution in [0, 0.1) is 11.6 Å². The Hall–Kier alpha value is -2.44. The van der Waals surface area contributed by atoms with Crippen LogP contribution in [0.4, 0.5) is 20.2 Å². The lowest BCUT2D eigenvalue weighted by Gasteiger charge is -2.38. The van der Waals surface area contributed by atoms with Gasteiger partial charge in [-0.2, -0.15) is 0 Å². The monoisotopic (exact) mass is 638 g/mol. The highest BCUT2D eigenvalue weighted by Crippen LogP contribution is 2.37. The molecule has 0 amide bonds. The molecule has 0 spiro atoms. The zero-order valence-electron chi connectivity index (χ0n) is 24.0. The van der Waals surface area contributed by atoms with Crippen LogP contribution in [0.25, 0.3) is 0 Å². The van der Waals surface area contributed by atoms with E-state index in [1.54, 1.807) is 0 Å². The van der Waals surface area contributed by atoms with Gasteiger partial charge in [0, 0.05) is 47.3 Å². The Kier molecular flexibility index (Phi) is 10.5. The lowest BCUT2D eigenvalue weighted by atomic mass is 10.0. The first kappa shape index (κ1) is 31.5. The third-order valence-corrected chi connectivity index (χ3v) is 7.49. The van der Waals surface area contributed by atoms with Crippen LogP contribution in [0.1, 0.15) is 67.2 Å². The molecule has 0 unspecified atom stereocenters. The van der Waals surface area contributed by atoms with Gasteiger partial charge in [-0.1, -0.05) is 15.9 Å². The summed E-state index contributed by atoms with van der Waals surface area (Å²) in [6.07, 6.45) is 0.149. The average molecular weight is 640 g/mol. The Morgan fingerprint density at radius 1 is 0.829 bits per heavy atom. The zero-order chi connectivity index (χ0) is 29.8. The van der Waals surface area contributed by atoms with E-state index in [2.05, 4.69) is 15.9 Å². The van der Waals surface area contributed by atoms with Crippen molar-refractivity contribution in [2.75, 3.05) is 49.2 Å². The summed E-state index contributed by atoms with van der Waals surface area (Å²) in [5.74, 6) is -1.07. The maximum absolute atomic E-state index is 14.6. The molecule has 2 aromatic rings. The summed E-state index contributed by atoms with van der Waals surface area (Å²) < 4.78 is 52.0. The van der Waals surface area contributed by atoms with Crippen LogP contribution in [0.15, 0.2) is 28.7 Å². The Morgan fingerprint density at radius 3 is 1.80 bits per heavy atom. The van der Waals surface area contributed by atoms with Crippen molar-refractivity contribution in [3.05, 3.63) is 57.1 Å².